The summed E-state index contributed by atoms with van der Waals surface area (Å²) in [5.41, 5.74) is 0. The van der Waals surface area contributed by atoms with Crippen LogP contribution in [0.3, 0.4) is 0 Å². The SMILES string of the molecule is CCCOc1nc(NCC)nc(SCC2CCCC2)n1. The standard InChI is InChI=1S/C14H24N4OS/c1-3-9-19-13-16-12(15-4-2)17-14(18-13)20-10-11-7-5-6-8-11/h11H,3-10H2,1-2H3,(H,15,16,17,18). The van der Waals surface area contributed by atoms with Crippen LogP contribution in [0.25, 0.3) is 0 Å². The van der Waals surface area contributed by atoms with Crippen molar-refractivity contribution >= 4 is 17.7 Å². The van der Waals surface area contributed by atoms with Crippen molar-refractivity contribution in [2.24, 2.45) is 5.92 Å². The molecule has 112 valence electrons. The highest BCUT2D eigenvalue weighted by Gasteiger charge is 2.16. The first-order chi connectivity index (χ1) is 9.81. The van der Waals surface area contributed by atoms with Crippen molar-refractivity contribution in [3.05, 3.63) is 0 Å². The minimum Gasteiger partial charge on any atom is -0.463 e. The highest BCUT2D eigenvalue weighted by molar-refractivity contribution is 7.99. The van der Waals surface area contributed by atoms with Gasteiger partial charge in [0.05, 0.1) is 6.61 Å². The van der Waals surface area contributed by atoms with Crippen molar-refractivity contribution in [3.8, 4) is 6.01 Å². The summed E-state index contributed by atoms with van der Waals surface area (Å²) in [6.07, 6.45) is 6.38. The summed E-state index contributed by atoms with van der Waals surface area (Å²) < 4.78 is 5.54. The Morgan fingerprint density at radius 1 is 1.20 bits per heavy atom. The first-order valence-electron chi connectivity index (χ1n) is 7.57. The topological polar surface area (TPSA) is 59.9 Å². The van der Waals surface area contributed by atoms with Crippen LogP contribution in [0.1, 0.15) is 46.0 Å². The van der Waals surface area contributed by atoms with Gasteiger partial charge in [-0.3, -0.25) is 0 Å². The Morgan fingerprint density at radius 2 is 2.00 bits per heavy atom. The van der Waals surface area contributed by atoms with Crippen molar-refractivity contribution in [1.82, 2.24) is 15.0 Å². The fourth-order valence-corrected chi connectivity index (χ4v) is 3.28. The lowest BCUT2D eigenvalue weighted by atomic mass is 10.1. The lowest BCUT2D eigenvalue weighted by Crippen LogP contribution is -2.08. The maximum Gasteiger partial charge on any atom is 0.322 e. The molecule has 0 amide bonds. The van der Waals surface area contributed by atoms with Gasteiger partial charge in [0.2, 0.25) is 5.95 Å². The molecule has 0 aliphatic heterocycles. The molecule has 2 rings (SSSR count). The Morgan fingerprint density at radius 3 is 2.70 bits per heavy atom. The predicted molar refractivity (Wildman–Crippen MR) is 82.5 cm³/mol. The third-order valence-corrected chi connectivity index (χ3v) is 4.37. The van der Waals surface area contributed by atoms with E-state index in [2.05, 4.69) is 27.2 Å². The Balaban J connectivity index is 1.98. The molecule has 1 N–H and O–H groups in total. The van der Waals surface area contributed by atoms with Crippen molar-refractivity contribution in [3.63, 3.8) is 0 Å². The van der Waals surface area contributed by atoms with Crippen molar-refractivity contribution in [1.29, 1.82) is 0 Å². The predicted octanol–water partition coefficient (Wildman–Crippen LogP) is 3.37. The van der Waals surface area contributed by atoms with E-state index in [9.17, 15) is 0 Å². The molecule has 1 aromatic heterocycles. The molecule has 1 fully saturated rings. The molecule has 0 spiro atoms. The van der Waals surface area contributed by atoms with Gasteiger partial charge in [-0.1, -0.05) is 31.5 Å². The van der Waals surface area contributed by atoms with E-state index in [1.54, 1.807) is 11.8 Å². The van der Waals surface area contributed by atoms with Crippen LogP contribution < -0.4 is 10.1 Å². The van der Waals surface area contributed by atoms with Gasteiger partial charge in [0.15, 0.2) is 5.16 Å². The molecule has 0 radical (unpaired) electrons. The summed E-state index contributed by atoms with van der Waals surface area (Å²) in [7, 11) is 0. The van der Waals surface area contributed by atoms with Crippen LogP contribution in [0.5, 0.6) is 6.01 Å². The van der Waals surface area contributed by atoms with Crippen LogP contribution in [-0.4, -0.2) is 33.9 Å². The Bertz CT molecular complexity index is 410. The van der Waals surface area contributed by atoms with Gasteiger partial charge in [-0.05, 0) is 32.1 Å². The third-order valence-electron chi connectivity index (χ3n) is 3.29. The van der Waals surface area contributed by atoms with Crippen LogP contribution in [0, 0.1) is 5.92 Å². The van der Waals surface area contributed by atoms with Crippen LogP contribution in [0.4, 0.5) is 5.95 Å². The van der Waals surface area contributed by atoms with Crippen LogP contribution in [-0.2, 0) is 0 Å². The van der Waals surface area contributed by atoms with Gasteiger partial charge in [-0.25, -0.2) is 0 Å². The van der Waals surface area contributed by atoms with E-state index in [1.165, 1.54) is 25.7 Å². The van der Waals surface area contributed by atoms with Gasteiger partial charge in [-0.15, -0.1) is 0 Å². The first-order valence-corrected chi connectivity index (χ1v) is 8.56. The molecule has 0 unspecified atom stereocenters. The van der Waals surface area contributed by atoms with E-state index >= 15 is 0 Å². The van der Waals surface area contributed by atoms with E-state index < -0.39 is 0 Å². The van der Waals surface area contributed by atoms with Gasteiger partial charge in [0, 0.05) is 12.3 Å². The van der Waals surface area contributed by atoms with E-state index in [1.807, 2.05) is 6.92 Å². The molecular weight excluding hydrogens is 272 g/mol. The molecule has 6 heteroatoms. The maximum atomic E-state index is 5.54. The van der Waals surface area contributed by atoms with E-state index in [4.69, 9.17) is 4.74 Å². The average molecular weight is 296 g/mol. The summed E-state index contributed by atoms with van der Waals surface area (Å²) in [4.78, 5) is 13.1. The molecule has 1 saturated carbocycles. The smallest absolute Gasteiger partial charge is 0.322 e. The second-order valence-corrected chi connectivity index (χ2v) is 6.05. The highest BCUT2D eigenvalue weighted by atomic mass is 32.2. The molecule has 5 nitrogen and oxygen atoms in total. The normalized spacial score (nSPS) is 15.5. The second-order valence-electron chi connectivity index (χ2n) is 5.06. The van der Waals surface area contributed by atoms with E-state index in [-0.39, 0.29) is 0 Å². The second kappa shape index (κ2) is 8.29. The Kier molecular flexibility index (Phi) is 6.36. The number of anilines is 1. The quantitative estimate of drug-likeness (QED) is 0.742. The van der Waals surface area contributed by atoms with E-state index in [0.29, 0.717) is 18.6 Å². The molecule has 1 aliphatic carbocycles. The Labute approximate surface area is 125 Å². The molecule has 0 saturated heterocycles. The lowest BCUT2D eigenvalue weighted by molar-refractivity contribution is 0.288. The van der Waals surface area contributed by atoms with Gasteiger partial charge in [0.25, 0.3) is 0 Å². The number of hydrogen-bond donors (Lipinski definition) is 1. The van der Waals surface area contributed by atoms with Gasteiger partial charge in [-0.2, -0.15) is 15.0 Å². The Hall–Kier alpha value is -1.04. The molecular formula is C14H24N4OS. The summed E-state index contributed by atoms with van der Waals surface area (Å²) in [6, 6.07) is 0.437. The average Bonchev–Trinajstić information content (AvgIpc) is 2.96. The molecule has 1 heterocycles. The molecule has 20 heavy (non-hydrogen) atoms. The molecule has 0 aromatic carbocycles. The maximum absolute atomic E-state index is 5.54. The van der Waals surface area contributed by atoms with E-state index in [0.717, 1.165) is 29.8 Å². The van der Waals surface area contributed by atoms with Gasteiger partial charge in [0.1, 0.15) is 0 Å². The number of thioether (sulfide) groups is 1. The summed E-state index contributed by atoms with van der Waals surface area (Å²) >= 11 is 1.72. The zero-order valence-corrected chi connectivity index (χ0v) is 13.2. The van der Waals surface area contributed by atoms with Crippen molar-refractivity contribution in [2.45, 2.75) is 51.1 Å². The fraction of sp³-hybridized carbons (Fsp3) is 0.786. The lowest BCUT2D eigenvalue weighted by Gasteiger charge is -2.10. The molecule has 1 aromatic rings. The van der Waals surface area contributed by atoms with Crippen molar-refractivity contribution < 1.29 is 4.74 Å². The number of ether oxygens (including phenoxy) is 1. The zero-order chi connectivity index (χ0) is 14.2. The fourth-order valence-electron chi connectivity index (χ4n) is 2.27. The minimum absolute atomic E-state index is 0.437. The molecule has 0 atom stereocenters. The summed E-state index contributed by atoms with van der Waals surface area (Å²) in [6.45, 7) is 5.54. The number of aromatic nitrogens is 3. The summed E-state index contributed by atoms with van der Waals surface area (Å²) in [5, 5.41) is 3.91. The number of nitrogens with one attached hydrogen (secondary N) is 1. The summed E-state index contributed by atoms with van der Waals surface area (Å²) in [5.74, 6) is 2.53. The van der Waals surface area contributed by atoms with Gasteiger partial charge < -0.3 is 10.1 Å². The molecule has 0 bridgehead atoms. The third kappa shape index (κ3) is 4.81. The largest absolute Gasteiger partial charge is 0.463 e. The number of hydrogen-bond acceptors (Lipinski definition) is 6. The van der Waals surface area contributed by atoms with Gasteiger partial charge >= 0.3 is 6.01 Å². The number of nitrogens with zero attached hydrogens (tertiary/aromatic N) is 3. The van der Waals surface area contributed by atoms with Crippen LogP contribution >= 0.6 is 11.8 Å². The zero-order valence-electron chi connectivity index (χ0n) is 12.4. The number of rotatable bonds is 8. The minimum atomic E-state index is 0.437. The highest BCUT2D eigenvalue weighted by Crippen LogP contribution is 2.30. The molecule has 1 aliphatic rings. The first kappa shape index (κ1) is 15.4. The van der Waals surface area contributed by atoms with Crippen molar-refractivity contribution in [2.75, 3.05) is 24.2 Å². The van der Waals surface area contributed by atoms with Crippen LogP contribution in [0.15, 0.2) is 5.16 Å². The van der Waals surface area contributed by atoms with Crippen LogP contribution in [0.2, 0.25) is 0 Å². The monoisotopic (exact) mass is 296 g/mol.